The largest absolute Gasteiger partial charge is 0.335 e. The lowest BCUT2D eigenvalue weighted by molar-refractivity contribution is 0.238. The molecule has 3 rings (SSSR count). The van der Waals surface area contributed by atoms with E-state index >= 15 is 0 Å². The van der Waals surface area contributed by atoms with Gasteiger partial charge in [0.1, 0.15) is 0 Å². The maximum Gasteiger partial charge on any atom is 0.322 e. The molecule has 2 aliphatic rings. The van der Waals surface area contributed by atoms with Crippen molar-refractivity contribution in [3.05, 3.63) is 23.8 Å². The molecule has 0 radical (unpaired) electrons. The molecular formula is C18H27N3O3S. The minimum absolute atomic E-state index is 0.0680. The lowest BCUT2D eigenvalue weighted by Gasteiger charge is -2.26. The topological polar surface area (TPSA) is 78.5 Å². The van der Waals surface area contributed by atoms with Crippen LogP contribution in [0.3, 0.4) is 0 Å². The first kappa shape index (κ1) is 18.2. The fourth-order valence-corrected chi connectivity index (χ4v) is 4.94. The number of urea groups is 1. The number of fused-ring (bicyclic) bond motifs is 1. The second-order valence-electron chi connectivity index (χ2n) is 7.25. The third-order valence-electron chi connectivity index (χ3n) is 4.83. The summed E-state index contributed by atoms with van der Waals surface area (Å²) in [6.45, 7) is 4.18. The van der Waals surface area contributed by atoms with Crippen molar-refractivity contribution in [2.45, 2.75) is 69.4 Å². The monoisotopic (exact) mass is 365 g/mol. The number of benzene rings is 1. The lowest BCUT2D eigenvalue weighted by atomic mass is 9.96. The molecule has 1 aliphatic heterocycles. The molecule has 7 heteroatoms. The van der Waals surface area contributed by atoms with E-state index in [2.05, 4.69) is 10.0 Å². The van der Waals surface area contributed by atoms with E-state index in [1.54, 1.807) is 36.9 Å². The van der Waals surface area contributed by atoms with Crippen LogP contribution in [0.1, 0.15) is 51.5 Å². The first-order chi connectivity index (χ1) is 11.9. The fourth-order valence-electron chi connectivity index (χ4n) is 3.63. The second-order valence-corrected chi connectivity index (χ2v) is 8.97. The molecule has 0 unspecified atom stereocenters. The number of amides is 2. The van der Waals surface area contributed by atoms with Gasteiger partial charge in [-0.2, -0.15) is 0 Å². The number of nitrogens with one attached hydrogen (secondary N) is 2. The Kier molecular flexibility index (Phi) is 5.34. The van der Waals surface area contributed by atoms with Gasteiger partial charge in [-0.3, -0.25) is 4.90 Å². The number of hydrogen-bond donors (Lipinski definition) is 2. The number of hydrogen-bond acceptors (Lipinski definition) is 3. The van der Waals surface area contributed by atoms with E-state index in [0.29, 0.717) is 13.0 Å². The normalized spacial score (nSPS) is 18.4. The average Bonchev–Trinajstić information content (AvgIpc) is 2.98. The van der Waals surface area contributed by atoms with Crippen molar-refractivity contribution in [1.29, 1.82) is 0 Å². The minimum atomic E-state index is -3.51. The molecule has 6 nitrogen and oxygen atoms in total. The van der Waals surface area contributed by atoms with Crippen molar-refractivity contribution in [2.24, 2.45) is 0 Å². The molecule has 1 heterocycles. The SMILES string of the molecule is CC(C)NS(=O)(=O)c1ccc2c(c1)CCN2C(=O)NC1CCCCC1. The van der Waals surface area contributed by atoms with E-state index in [4.69, 9.17) is 0 Å². The fraction of sp³-hybridized carbons (Fsp3) is 0.611. The third kappa shape index (κ3) is 4.15. The van der Waals surface area contributed by atoms with Crippen LogP contribution in [0.25, 0.3) is 0 Å². The Hall–Kier alpha value is -1.60. The third-order valence-corrected chi connectivity index (χ3v) is 6.48. The van der Waals surface area contributed by atoms with Gasteiger partial charge in [-0.25, -0.2) is 17.9 Å². The molecule has 138 valence electrons. The highest BCUT2D eigenvalue weighted by atomic mass is 32.2. The molecule has 0 aromatic heterocycles. The summed E-state index contributed by atoms with van der Waals surface area (Å²) in [6.07, 6.45) is 6.37. The Morgan fingerprint density at radius 1 is 1.20 bits per heavy atom. The molecule has 2 N–H and O–H groups in total. The molecule has 1 aromatic rings. The van der Waals surface area contributed by atoms with Crippen molar-refractivity contribution in [3.63, 3.8) is 0 Å². The summed E-state index contributed by atoms with van der Waals surface area (Å²) >= 11 is 0. The number of anilines is 1. The summed E-state index contributed by atoms with van der Waals surface area (Å²) in [5.74, 6) is 0. The van der Waals surface area contributed by atoms with Crippen molar-refractivity contribution in [2.75, 3.05) is 11.4 Å². The highest BCUT2D eigenvalue weighted by Crippen LogP contribution is 2.30. The van der Waals surface area contributed by atoms with Gasteiger partial charge in [-0.05, 0) is 56.9 Å². The van der Waals surface area contributed by atoms with Crippen LogP contribution < -0.4 is 14.9 Å². The van der Waals surface area contributed by atoms with E-state index in [0.717, 1.165) is 24.1 Å². The van der Waals surface area contributed by atoms with Crippen LogP contribution in [-0.4, -0.2) is 33.1 Å². The summed E-state index contributed by atoms with van der Waals surface area (Å²) in [5.41, 5.74) is 1.72. The highest BCUT2D eigenvalue weighted by Gasteiger charge is 2.28. The molecule has 1 aromatic carbocycles. The van der Waals surface area contributed by atoms with Gasteiger partial charge in [0.05, 0.1) is 4.90 Å². The molecule has 25 heavy (non-hydrogen) atoms. The summed E-state index contributed by atoms with van der Waals surface area (Å²) in [5, 5.41) is 3.13. The van der Waals surface area contributed by atoms with Gasteiger partial charge < -0.3 is 5.32 Å². The maximum atomic E-state index is 12.6. The van der Waals surface area contributed by atoms with Gasteiger partial charge in [0, 0.05) is 24.3 Å². The van der Waals surface area contributed by atoms with Crippen LogP contribution in [0, 0.1) is 0 Å². The number of nitrogens with zero attached hydrogens (tertiary/aromatic N) is 1. The zero-order valence-electron chi connectivity index (χ0n) is 14.9. The predicted octanol–water partition coefficient (Wildman–Crippen LogP) is 2.78. The molecule has 0 atom stereocenters. The molecule has 1 saturated carbocycles. The number of sulfonamides is 1. The van der Waals surface area contributed by atoms with Crippen molar-refractivity contribution in [1.82, 2.24) is 10.0 Å². The average molecular weight is 365 g/mol. The van der Waals surface area contributed by atoms with Crippen LogP contribution in [0.4, 0.5) is 10.5 Å². The van der Waals surface area contributed by atoms with Gasteiger partial charge in [0.25, 0.3) is 0 Å². The van der Waals surface area contributed by atoms with Crippen LogP contribution in [0.5, 0.6) is 0 Å². The molecule has 0 spiro atoms. The van der Waals surface area contributed by atoms with E-state index < -0.39 is 10.0 Å². The Morgan fingerprint density at radius 2 is 1.92 bits per heavy atom. The van der Waals surface area contributed by atoms with Gasteiger partial charge in [-0.1, -0.05) is 19.3 Å². The predicted molar refractivity (Wildman–Crippen MR) is 98.4 cm³/mol. The van der Waals surface area contributed by atoms with E-state index in [9.17, 15) is 13.2 Å². The first-order valence-electron chi connectivity index (χ1n) is 9.10. The van der Waals surface area contributed by atoms with Gasteiger partial charge in [0.15, 0.2) is 0 Å². The molecule has 1 fully saturated rings. The Morgan fingerprint density at radius 3 is 2.60 bits per heavy atom. The zero-order valence-corrected chi connectivity index (χ0v) is 15.7. The number of carbonyl (C=O) groups excluding carboxylic acids is 1. The molecule has 2 amide bonds. The number of carbonyl (C=O) groups is 1. The van der Waals surface area contributed by atoms with E-state index in [-0.39, 0.29) is 23.0 Å². The lowest BCUT2D eigenvalue weighted by Crippen LogP contribution is -2.45. The van der Waals surface area contributed by atoms with Gasteiger partial charge in [0.2, 0.25) is 10.0 Å². The van der Waals surface area contributed by atoms with E-state index in [1.807, 2.05) is 0 Å². The van der Waals surface area contributed by atoms with Gasteiger partial charge >= 0.3 is 6.03 Å². The Balaban J connectivity index is 1.73. The van der Waals surface area contributed by atoms with Crippen LogP contribution in [0.2, 0.25) is 0 Å². The summed E-state index contributed by atoms with van der Waals surface area (Å²) < 4.78 is 27.2. The molecule has 1 aliphatic carbocycles. The van der Waals surface area contributed by atoms with E-state index in [1.165, 1.54) is 19.3 Å². The smallest absolute Gasteiger partial charge is 0.322 e. The summed E-state index contributed by atoms with van der Waals surface area (Å²) in [6, 6.07) is 5.05. The number of rotatable bonds is 4. The maximum absolute atomic E-state index is 12.6. The molecule has 0 saturated heterocycles. The summed E-state index contributed by atoms with van der Waals surface area (Å²) in [4.78, 5) is 14.6. The van der Waals surface area contributed by atoms with Crippen LogP contribution >= 0.6 is 0 Å². The van der Waals surface area contributed by atoms with Crippen LogP contribution in [0.15, 0.2) is 23.1 Å². The van der Waals surface area contributed by atoms with Crippen molar-refractivity contribution < 1.29 is 13.2 Å². The Labute approximate surface area is 150 Å². The molecule has 0 bridgehead atoms. The van der Waals surface area contributed by atoms with Crippen LogP contribution in [-0.2, 0) is 16.4 Å². The second kappa shape index (κ2) is 7.33. The first-order valence-corrected chi connectivity index (χ1v) is 10.6. The quantitative estimate of drug-likeness (QED) is 0.861. The molecular weight excluding hydrogens is 338 g/mol. The zero-order chi connectivity index (χ0) is 18.0. The van der Waals surface area contributed by atoms with Crippen molar-refractivity contribution in [3.8, 4) is 0 Å². The Bertz CT molecular complexity index is 740. The minimum Gasteiger partial charge on any atom is -0.335 e. The van der Waals surface area contributed by atoms with Gasteiger partial charge in [-0.15, -0.1) is 0 Å². The van der Waals surface area contributed by atoms with Crippen molar-refractivity contribution >= 4 is 21.7 Å². The standard InChI is InChI=1S/C18H27N3O3S/c1-13(2)20-25(23,24)16-8-9-17-14(12-16)10-11-21(17)18(22)19-15-6-4-3-5-7-15/h8-9,12-13,15,20H,3-7,10-11H2,1-2H3,(H,19,22). The summed E-state index contributed by atoms with van der Waals surface area (Å²) in [7, 11) is -3.51. The highest BCUT2D eigenvalue weighted by molar-refractivity contribution is 7.89.